The summed E-state index contributed by atoms with van der Waals surface area (Å²) in [6, 6.07) is 7.88. The van der Waals surface area contributed by atoms with E-state index in [9.17, 15) is 0 Å². The van der Waals surface area contributed by atoms with Crippen LogP contribution in [-0.2, 0) is 6.54 Å². The molecule has 0 saturated heterocycles. The van der Waals surface area contributed by atoms with Crippen LogP contribution in [0.1, 0.15) is 9.75 Å². The van der Waals surface area contributed by atoms with Crippen molar-refractivity contribution in [1.82, 2.24) is 4.98 Å². The highest BCUT2D eigenvalue weighted by molar-refractivity contribution is 9.10. The van der Waals surface area contributed by atoms with Gasteiger partial charge in [0.05, 0.1) is 11.9 Å². The second-order valence-corrected chi connectivity index (χ2v) is 5.21. The average molecular weight is 294 g/mol. The Hall–Kier alpha value is -1.38. The van der Waals surface area contributed by atoms with E-state index in [0.717, 1.165) is 19.9 Å². The van der Waals surface area contributed by atoms with Gasteiger partial charge in [-0.1, -0.05) is 0 Å². The molecule has 80 valence electrons. The molecule has 2 heterocycles. The summed E-state index contributed by atoms with van der Waals surface area (Å²) in [6.07, 6.45) is 3.51. The topological polar surface area (TPSA) is 48.7 Å². The van der Waals surface area contributed by atoms with Crippen LogP contribution in [0.4, 0.5) is 5.69 Å². The molecule has 2 aromatic rings. The quantitative estimate of drug-likeness (QED) is 0.944. The minimum absolute atomic E-state index is 0.713. The van der Waals surface area contributed by atoms with Gasteiger partial charge in [0.1, 0.15) is 10.9 Å². The van der Waals surface area contributed by atoms with Crippen molar-refractivity contribution in [3.8, 4) is 6.07 Å². The Kier molecular flexibility index (Phi) is 3.54. The fraction of sp³-hybridized carbons (Fsp3) is 0.0909. The Morgan fingerprint density at radius 3 is 3.00 bits per heavy atom. The number of anilines is 1. The lowest BCUT2D eigenvalue weighted by Crippen LogP contribution is -1.97. The van der Waals surface area contributed by atoms with Gasteiger partial charge in [0.15, 0.2) is 0 Å². The molecule has 0 radical (unpaired) electrons. The second kappa shape index (κ2) is 5.10. The predicted molar refractivity (Wildman–Crippen MR) is 68.3 cm³/mol. The van der Waals surface area contributed by atoms with Gasteiger partial charge in [-0.15, -0.1) is 11.3 Å². The highest BCUT2D eigenvalue weighted by atomic mass is 79.9. The summed E-state index contributed by atoms with van der Waals surface area (Å²) < 4.78 is 0.946. The van der Waals surface area contributed by atoms with Crippen LogP contribution in [0.15, 0.2) is 35.1 Å². The number of rotatable bonds is 3. The third kappa shape index (κ3) is 2.81. The fourth-order valence-corrected chi connectivity index (χ4v) is 2.34. The third-order valence-electron chi connectivity index (χ3n) is 1.94. The minimum atomic E-state index is 0.713. The maximum Gasteiger partial charge on any atom is 0.110 e. The van der Waals surface area contributed by atoms with Crippen LogP contribution >= 0.6 is 27.3 Å². The van der Waals surface area contributed by atoms with Crippen molar-refractivity contribution in [2.45, 2.75) is 6.54 Å². The molecule has 0 saturated carbocycles. The molecule has 0 aliphatic heterocycles. The van der Waals surface area contributed by atoms with Crippen molar-refractivity contribution in [3.63, 3.8) is 0 Å². The first-order valence-electron chi connectivity index (χ1n) is 4.61. The van der Waals surface area contributed by atoms with Gasteiger partial charge in [-0.3, -0.25) is 4.98 Å². The summed E-state index contributed by atoms with van der Waals surface area (Å²) in [5.74, 6) is 0. The molecule has 0 bridgehead atoms. The molecule has 0 fully saturated rings. The molecular weight excluding hydrogens is 286 g/mol. The van der Waals surface area contributed by atoms with Gasteiger partial charge in [0.2, 0.25) is 0 Å². The van der Waals surface area contributed by atoms with Crippen molar-refractivity contribution >= 4 is 33.0 Å². The molecule has 16 heavy (non-hydrogen) atoms. The van der Waals surface area contributed by atoms with E-state index in [4.69, 9.17) is 5.26 Å². The number of hydrogen-bond acceptors (Lipinski definition) is 4. The van der Waals surface area contributed by atoms with Crippen LogP contribution in [0, 0.1) is 11.3 Å². The molecule has 0 unspecified atom stereocenters. The molecule has 3 nitrogen and oxygen atoms in total. The zero-order chi connectivity index (χ0) is 11.4. The standard InChI is InChI=1S/C11H8BrN3S/c12-8-3-9(6-14-5-8)15-7-11-2-1-10(4-13)16-11/h1-3,5-6,15H,7H2. The summed E-state index contributed by atoms with van der Waals surface area (Å²) in [7, 11) is 0. The Balaban J connectivity index is 2.00. The number of pyridine rings is 1. The van der Waals surface area contributed by atoms with E-state index in [2.05, 4.69) is 32.3 Å². The molecule has 0 amide bonds. The Bertz CT molecular complexity index is 530. The SMILES string of the molecule is N#Cc1ccc(CNc2cncc(Br)c2)s1. The van der Waals surface area contributed by atoms with Gasteiger partial charge < -0.3 is 5.32 Å². The summed E-state index contributed by atoms with van der Waals surface area (Å²) in [5.41, 5.74) is 0.960. The minimum Gasteiger partial charge on any atom is -0.379 e. The van der Waals surface area contributed by atoms with Crippen molar-refractivity contribution < 1.29 is 0 Å². The highest BCUT2D eigenvalue weighted by Crippen LogP contribution is 2.18. The zero-order valence-electron chi connectivity index (χ0n) is 8.27. The molecular formula is C11H8BrN3S. The van der Waals surface area contributed by atoms with Crippen LogP contribution in [0.2, 0.25) is 0 Å². The fourth-order valence-electron chi connectivity index (χ4n) is 1.23. The lowest BCUT2D eigenvalue weighted by atomic mass is 10.4. The molecule has 0 spiro atoms. The summed E-state index contributed by atoms with van der Waals surface area (Å²) in [4.78, 5) is 5.94. The van der Waals surface area contributed by atoms with E-state index in [1.165, 1.54) is 11.3 Å². The maximum absolute atomic E-state index is 8.70. The second-order valence-electron chi connectivity index (χ2n) is 3.12. The number of nitrogens with zero attached hydrogens (tertiary/aromatic N) is 2. The number of nitriles is 1. The normalized spacial score (nSPS) is 9.75. The lowest BCUT2D eigenvalue weighted by Gasteiger charge is -2.03. The molecule has 0 aromatic carbocycles. The molecule has 5 heteroatoms. The van der Waals surface area contributed by atoms with Crippen molar-refractivity contribution in [3.05, 3.63) is 44.8 Å². The molecule has 2 aromatic heterocycles. The van der Waals surface area contributed by atoms with E-state index < -0.39 is 0 Å². The molecule has 0 aliphatic rings. The van der Waals surface area contributed by atoms with Gasteiger partial charge in [-0.25, -0.2) is 0 Å². The van der Waals surface area contributed by atoms with Crippen LogP contribution < -0.4 is 5.32 Å². The molecule has 2 rings (SSSR count). The number of hydrogen-bond donors (Lipinski definition) is 1. The number of aromatic nitrogens is 1. The van der Waals surface area contributed by atoms with Gasteiger partial charge in [0.25, 0.3) is 0 Å². The number of halogens is 1. The van der Waals surface area contributed by atoms with Crippen LogP contribution in [0.5, 0.6) is 0 Å². The first-order valence-corrected chi connectivity index (χ1v) is 6.22. The highest BCUT2D eigenvalue weighted by Gasteiger charge is 1.99. The summed E-state index contributed by atoms with van der Waals surface area (Å²) in [6.45, 7) is 0.713. The predicted octanol–water partition coefficient (Wildman–Crippen LogP) is 3.39. The van der Waals surface area contributed by atoms with E-state index in [-0.39, 0.29) is 0 Å². The summed E-state index contributed by atoms with van der Waals surface area (Å²) in [5, 5.41) is 11.9. The van der Waals surface area contributed by atoms with Crippen molar-refractivity contribution in [2.24, 2.45) is 0 Å². The average Bonchev–Trinajstić information content (AvgIpc) is 2.74. The van der Waals surface area contributed by atoms with E-state index >= 15 is 0 Å². The zero-order valence-corrected chi connectivity index (χ0v) is 10.7. The maximum atomic E-state index is 8.70. The van der Waals surface area contributed by atoms with E-state index in [0.29, 0.717) is 6.54 Å². The third-order valence-corrected chi connectivity index (χ3v) is 3.37. The van der Waals surface area contributed by atoms with Gasteiger partial charge in [-0.2, -0.15) is 5.26 Å². The lowest BCUT2D eigenvalue weighted by molar-refractivity contribution is 1.17. The van der Waals surface area contributed by atoms with Crippen molar-refractivity contribution in [1.29, 1.82) is 5.26 Å². The number of thiophene rings is 1. The summed E-state index contributed by atoms with van der Waals surface area (Å²) >= 11 is 4.86. The smallest absolute Gasteiger partial charge is 0.110 e. The van der Waals surface area contributed by atoms with Crippen LogP contribution in [0.3, 0.4) is 0 Å². The Morgan fingerprint density at radius 1 is 1.44 bits per heavy atom. The molecule has 0 atom stereocenters. The largest absolute Gasteiger partial charge is 0.379 e. The Labute approximate surface area is 106 Å². The molecule has 1 N–H and O–H groups in total. The van der Waals surface area contributed by atoms with Gasteiger partial charge in [-0.05, 0) is 34.1 Å². The van der Waals surface area contributed by atoms with Crippen LogP contribution in [-0.4, -0.2) is 4.98 Å². The first kappa shape index (κ1) is 11.1. The van der Waals surface area contributed by atoms with E-state index in [1.54, 1.807) is 12.4 Å². The van der Waals surface area contributed by atoms with E-state index in [1.807, 2.05) is 18.2 Å². The number of nitrogens with one attached hydrogen (secondary N) is 1. The molecule has 0 aliphatic carbocycles. The van der Waals surface area contributed by atoms with Gasteiger partial charge >= 0.3 is 0 Å². The first-order chi connectivity index (χ1) is 7.78. The van der Waals surface area contributed by atoms with Gasteiger partial charge in [0, 0.05) is 22.1 Å². The van der Waals surface area contributed by atoms with Crippen molar-refractivity contribution in [2.75, 3.05) is 5.32 Å². The van der Waals surface area contributed by atoms with Crippen LogP contribution in [0.25, 0.3) is 0 Å². The monoisotopic (exact) mass is 293 g/mol. The Morgan fingerprint density at radius 2 is 2.31 bits per heavy atom.